The Morgan fingerprint density at radius 2 is 1.97 bits per heavy atom. The van der Waals surface area contributed by atoms with Crippen LogP contribution in [0.3, 0.4) is 0 Å². The van der Waals surface area contributed by atoms with Crippen LogP contribution in [0.5, 0.6) is 0 Å². The molecular weight excluding hydrogens is 499 g/mol. The number of hydrogen-bond acceptors (Lipinski definition) is 7. The van der Waals surface area contributed by atoms with E-state index in [1.165, 1.54) is 12.4 Å². The number of pyridine rings is 1. The first-order valence-electron chi connectivity index (χ1n) is 9.69. The van der Waals surface area contributed by atoms with Crippen molar-refractivity contribution in [1.29, 1.82) is 0 Å². The number of nitrogens with one attached hydrogen (secondary N) is 3. The number of rotatable bonds is 5. The summed E-state index contributed by atoms with van der Waals surface area (Å²) in [7, 11) is 0. The van der Waals surface area contributed by atoms with Gasteiger partial charge in [0.2, 0.25) is 11.9 Å². The minimum Gasteiger partial charge on any atom is -0.342 e. The van der Waals surface area contributed by atoms with Gasteiger partial charge in [-0.1, -0.05) is 11.6 Å². The number of thiazole rings is 1. The Labute approximate surface area is 198 Å². The zero-order valence-corrected chi connectivity index (χ0v) is 18.8. The normalized spacial score (nSPS) is 14.2. The van der Waals surface area contributed by atoms with Gasteiger partial charge in [0.1, 0.15) is 21.4 Å². The monoisotopic (exact) mass is 513 g/mol. The third kappa shape index (κ3) is 4.87. The summed E-state index contributed by atoms with van der Waals surface area (Å²) in [6, 6.07) is 0.0496. The van der Waals surface area contributed by atoms with Gasteiger partial charge in [-0.05, 0) is 13.0 Å². The molecule has 1 aliphatic rings. The van der Waals surface area contributed by atoms with Crippen LogP contribution in [0.15, 0.2) is 24.7 Å². The van der Waals surface area contributed by atoms with E-state index >= 15 is 0 Å². The largest absolute Gasteiger partial charge is 0.418 e. The van der Waals surface area contributed by atoms with Gasteiger partial charge in [0, 0.05) is 19.2 Å². The molecule has 0 radical (unpaired) electrons. The van der Waals surface area contributed by atoms with Gasteiger partial charge in [0.25, 0.3) is 11.8 Å². The van der Waals surface area contributed by atoms with Crippen molar-refractivity contribution in [2.75, 3.05) is 10.6 Å². The number of amides is 3. The number of hydrogen-bond donors (Lipinski definition) is 3. The maximum atomic E-state index is 13.0. The summed E-state index contributed by atoms with van der Waals surface area (Å²) in [6.45, 7) is 1.97. The summed E-state index contributed by atoms with van der Waals surface area (Å²) in [5.74, 6) is -1.39. The van der Waals surface area contributed by atoms with Gasteiger partial charge in [-0.2, -0.15) is 13.2 Å². The molecule has 178 valence electrons. The molecule has 0 bridgehead atoms. The number of carbonyl (C=O) groups excluding carboxylic acids is 3. The lowest BCUT2D eigenvalue weighted by Gasteiger charge is -2.17. The fourth-order valence-electron chi connectivity index (χ4n) is 3.11. The van der Waals surface area contributed by atoms with Crippen LogP contribution in [0.4, 0.5) is 24.9 Å². The predicted molar refractivity (Wildman–Crippen MR) is 116 cm³/mol. The smallest absolute Gasteiger partial charge is 0.342 e. The van der Waals surface area contributed by atoms with Gasteiger partial charge in [-0.25, -0.2) is 15.0 Å². The quantitative estimate of drug-likeness (QED) is 0.478. The number of anilines is 2. The van der Waals surface area contributed by atoms with E-state index in [0.717, 1.165) is 17.5 Å². The molecular formula is C19H15ClF3N7O3S. The fraction of sp³-hybridized carbons (Fsp3) is 0.263. The van der Waals surface area contributed by atoms with E-state index in [-0.39, 0.29) is 34.7 Å². The Hall–Kier alpha value is -3.52. The number of alkyl halides is 3. The molecule has 3 aromatic heterocycles. The second kappa shape index (κ2) is 9.02. The second-order valence-electron chi connectivity index (χ2n) is 7.18. The fourth-order valence-corrected chi connectivity index (χ4v) is 4.14. The molecule has 3 N–H and O–H groups in total. The van der Waals surface area contributed by atoms with Crippen LogP contribution in [0.25, 0.3) is 0 Å². The molecule has 10 nitrogen and oxygen atoms in total. The van der Waals surface area contributed by atoms with Gasteiger partial charge in [-0.3, -0.25) is 19.7 Å². The zero-order valence-electron chi connectivity index (χ0n) is 17.2. The number of nitrogens with zero attached hydrogens (tertiary/aromatic N) is 4. The molecule has 0 spiro atoms. The maximum Gasteiger partial charge on any atom is 0.418 e. The van der Waals surface area contributed by atoms with Gasteiger partial charge in [-0.15, -0.1) is 11.3 Å². The first kappa shape index (κ1) is 23.6. The second-order valence-corrected chi connectivity index (χ2v) is 8.65. The van der Waals surface area contributed by atoms with Crippen molar-refractivity contribution in [3.05, 3.63) is 50.8 Å². The first-order chi connectivity index (χ1) is 16.0. The SMILES string of the molecule is CC(NC(=O)c1cnc2n1CCC(=O)N2)c1ncc(C(=O)Nc2cc(C(F)(F)F)c(Cl)cn2)s1. The summed E-state index contributed by atoms with van der Waals surface area (Å²) in [6.07, 6.45) is -1.09. The van der Waals surface area contributed by atoms with E-state index < -0.39 is 34.6 Å². The Kier molecular flexibility index (Phi) is 6.27. The molecule has 1 unspecified atom stereocenters. The highest BCUT2D eigenvalue weighted by Gasteiger charge is 2.34. The summed E-state index contributed by atoms with van der Waals surface area (Å²) in [5.41, 5.74) is -0.868. The van der Waals surface area contributed by atoms with E-state index in [1.54, 1.807) is 11.5 Å². The molecule has 0 aromatic carbocycles. The van der Waals surface area contributed by atoms with Gasteiger partial charge in [0.05, 0.1) is 29.0 Å². The number of carbonyl (C=O) groups is 3. The molecule has 0 saturated carbocycles. The minimum atomic E-state index is -4.70. The van der Waals surface area contributed by atoms with Crippen molar-refractivity contribution in [2.45, 2.75) is 32.1 Å². The maximum absolute atomic E-state index is 13.0. The van der Waals surface area contributed by atoms with Crippen LogP contribution in [-0.2, 0) is 17.5 Å². The third-order valence-electron chi connectivity index (χ3n) is 4.77. The Bertz CT molecular complexity index is 1290. The van der Waals surface area contributed by atoms with E-state index in [0.29, 0.717) is 17.6 Å². The molecule has 15 heteroatoms. The van der Waals surface area contributed by atoms with E-state index in [1.807, 2.05) is 0 Å². The molecule has 1 aliphatic heterocycles. The average molecular weight is 514 g/mol. The topological polar surface area (TPSA) is 131 Å². The van der Waals surface area contributed by atoms with Gasteiger partial charge in [0.15, 0.2) is 0 Å². The molecule has 1 atom stereocenters. The molecule has 0 fully saturated rings. The summed E-state index contributed by atoms with van der Waals surface area (Å²) < 4.78 is 40.6. The van der Waals surface area contributed by atoms with Crippen LogP contribution >= 0.6 is 22.9 Å². The van der Waals surface area contributed by atoms with Crippen molar-refractivity contribution >= 4 is 52.4 Å². The van der Waals surface area contributed by atoms with E-state index in [4.69, 9.17) is 11.6 Å². The lowest BCUT2D eigenvalue weighted by atomic mass is 10.2. The Balaban J connectivity index is 1.42. The summed E-state index contributed by atoms with van der Waals surface area (Å²) >= 11 is 6.49. The predicted octanol–water partition coefficient (Wildman–Crippen LogP) is 3.49. The van der Waals surface area contributed by atoms with Gasteiger partial charge >= 0.3 is 6.18 Å². The Morgan fingerprint density at radius 1 is 1.21 bits per heavy atom. The number of imidazole rings is 1. The van der Waals surface area contributed by atoms with Crippen molar-refractivity contribution in [3.8, 4) is 0 Å². The molecule has 4 rings (SSSR count). The van der Waals surface area contributed by atoms with Crippen molar-refractivity contribution in [3.63, 3.8) is 0 Å². The van der Waals surface area contributed by atoms with Crippen LogP contribution < -0.4 is 16.0 Å². The van der Waals surface area contributed by atoms with Crippen molar-refractivity contribution in [1.82, 2.24) is 24.8 Å². The van der Waals surface area contributed by atoms with Crippen LogP contribution in [0.1, 0.15) is 50.1 Å². The molecule has 34 heavy (non-hydrogen) atoms. The average Bonchev–Trinajstić information content (AvgIpc) is 3.41. The number of aromatic nitrogens is 4. The van der Waals surface area contributed by atoms with Crippen molar-refractivity contribution < 1.29 is 27.6 Å². The van der Waals surface area contributed by atoms with E-state index in [2.05, 4.69) is 30.9 Å². The highest BCUT2D eigenvalue weighted by Crippen LogP contribution is 2.35. The lowest BCUT2D eigenvalue weighted by molar-refractivity contribution is -0.137. The standard InChI is InChI=1S/C19H15ClF3N7O3S/c1-8(27-15(32)11-6-26-18-29-14(31)2-3-30(11)18)17-25-7-12(34-17)16(33)28-13-4-9(19(21,22)23)10(20)5-24-13/h4-8H,2-3H2,1H3,(H,27,32)(H,24,28,33)(H,26,29,31). The summed E-state index contributed by atoms with van der Waals surface area (Å²) in [4.78, 5) is 48.5. The number of halogens is 4. The molecule has 3 aromatic rings. The molecule has 0 aliphatic carbocycles. The minimum absolute atomic E-state index is 0.103. The highest BCUT2D eigenvalue weighted by atomic mass is 35.5. The van der Waals surface area contributed by atoms with E-state index in [9.17, 15) is 27.6 Å². The van der Waals surface area contributed by atoms with Crippen LogP contribution in [0, 0.1) is 0 Å². The van der Waals surface area contributed by atoms with Crippen molar-refractivity contribution in [2.24, 2.45) is 0 Å². The summed E-state index contributed by atoms with van der Waals surface area (Å²) in [5, 5.41) is 7.40. The first-order valence-corrected chi connectivity index (χ1v) is 10.9. The van der Waals surface area contributed by atoms with Gasteiger partial charge < -0.3 is 15.2 Å². The highest BCUT2D eigenvalue weighted by molar-refractivity contribution is 7.13. The number of fused-ring (bicyclic) bond motifs is 1. The third-order valence-corrected chi connectivity index (χ3v) is 6.25. The van der Waals surface area contributed by atoms with Crippen LogP contribution in [0.2, 0.25) is 5.02 Å². The lowest BCUT2D eigenvalue weighted by Crippen LogP contribution is -2.31. The molecule has 3 amide bonds. The Morgan fingerprint density at radius 3 is 2.71 bits per heavy atom. The zero-order chi connectivity index (χ0) is 24.6. The molecule has 4 heterocycles. The van der Waals surface area contributed by atoms with Crippen LogP contribution in [-0.4, -0.2) is 37.2 Å². The molecule has 0 saturated heterocycles.